The van der Waals surface area contributed by atoms with E-state index in [9.17, 15) is 9.90 Å². The van der Waals surface area contributed by atoms with Crippen LogP contribution in [0.5, 0.6) is 5.75 Å². The summed E-state index contributed by atoms with van der Waals surface area (Å²) < 4.78 is 0. The average Bonchev–Trinajstić information content (AvgIpc) is 2.59. The molecular weight excluding hydrogens is 300 g/mol. The molecule has 0 heterocycles. The van der Waals surface area contributed by atoms with Gasteiger partial charge in [-0.15, -0.1) is 0 Å². The Morgan fingerprint density at radius 1 is 0.833 bits per heavy atom. The highest BCUT2D eigenvalue weighted by atomic mass is 16.3. The Balaban J connectivity index is 1.80. The van der Waals surface area contributed by atoms with Gasteiger partial charge in [-0.3, -0.25) is 0 Å². The highest BCUT2D eigenvalue weighted by Crippen LogP contribution is 2.28. The smallest absolute Gasteiger partial charge is 0.323 e. The van der Waals surface area contributed by atoms with Gasteiger partial charge in [0.05, 0.1) is 11.4 Å². The number of carbonyl (C=O) groups is 1. The van der Waals surface area contributed by atoms with E-state index in [1.165, 1.54) is 0 Å². The molecule has 4 heteroatoms. The lowest BCUT2D eigenvalue weighted by molar-refractivity contribution is 0.262. The molecular formula is C20H18N2O2. The molecule has 0 aliphatic rings. The van der Waals surface area contributed by atoms with Crippen molar-refractivity contribution in [3.8, 4) is 16.9 Å². The summed E-state index contributed by atoms with van der Waals surface area (Å²) in [6.45, 7) is 1.87. The van der Waals surface area contributed by atoms with E-state index >= 15 is 0 Å². The average molecular weight is 318 g/mol. The van der Waals surface area contributed by atoms with Crippen molar-refractivity contribution >= 4 is 17.4 Å². The third-order valence-electron chi connectivity index (χ3n) is 3.66. The maximum atomic E-state index is 12.3. The second-order valence-electron chi connectivity index (χ2n) is 5.51. The van der Waals surface area contributed by atoms with Crippen molar-refractivity contribution in [1.29, 1.82) is 0 Å². The van der Waals surface area contributed by atoms with Crippen molar-refractivity contribution in [1.82, 2.24) is 0 Å². The zero-order chi connectivity index (χ0) is 16.9. The number of phenols is 1. The minimum absolute atomic E-state index is 0.0431. The number of para-hydroxylation sites is 1. The Morgan fingerprint density at radius 2 is 1.50 bits per heavy atom. The molecule has 0 aromatic heterocycles. The van der Waals surface area contributed by atoms with Gasteiger partial charge in [-0.2, -0.15) is 0 Å². The molecule has 2 amide bonds. The second-order valence-corrected chi connectivity index (χ2v) is 5.51. The summed E-state index contributed by atoms with van der Waals surface area (Å²) in [7, 11) is 0. The van der Waals surface area contributed by atoms with Crippen molar-refractivity contribution in [2.45, 2.75) is 6.92 Å². The maximum absolute atomic E-state index is 12.3. The molecule has 0 spiro atoms. The van der Waals surface area contributed by atoms with Crippen LogP contribution in [0.25, 0.3) is 11.1 Å². The Bertz CT molecular complexity index is 861. The Hall–Kier alpha value is -3.27. The number of hydrogen-bond acceptors (Lipinski definition) is 2. The Labute approximate surface area is 140 Å². The number of aryl methyl sites for hydroxylation is 1. The van der Waals surface area contributed by atoms with Crippen molar-refractivity contribution in [3.05, 3.63) is 78.4 Å². The fourth-order valence-electron chi connectivity index (χ4n) is 2.48. The number of benzene rings is 3. The molecule has 0 radical (unpaired) electrons. The van der Waals surface area contributed by atoms with Crippen molar-refractivity contribution < 1.29 is 9.90 Å². The van der Waals surface area contributed by atoms with Crippen LogP contribution in [0.2, 0.25) is 0 Å². The topological polar surface area (TPSA) is 61.4 Å². The molecule has 3 aromatic rings. The summed E-state index contributed by atoms with van der Waals surface area (Å²) in [5, 5.41) is 15.4. The van der Waals surface area contributed by atoms with E-state index in [1.807, 2.05) is 67.6 Å². The van der Waals surface area contributed by atoms with Crippen molar-refractivity contribution in [2.24, 2.45) is 0 Å². The van der Waals surface area contributed by atoms with Crippen molar-refractivity contribution in [3.63, 3.8) is 0 Å². The van der Waals surface area contributed by atoms with Gasteiger partial charge in [0.15, 0.2) is 0 Å². The van der Waals surface area contributed by atoms with Crippen LogP contribution in [-0.2, 0) is 0 Å². The molecule has 4 nitrogen and oxygen atoms in total. The summed E-state index contributed by atoms with van der Waals surface area (Å²) in [4.78, 5) is 12.3. The highest BCUT2D eigenvalue weighted by Gasteiger charge is 2.10. The number of amides is 2. The summed E-state index contributed by atoms with van der Waals surface area (Å²) in [6, 6.07) is 22.1. The standard InChI is InChI=1S/C20H18N2O2/c1-14-11-12-18(19(23)13-14)22-20(24)21-17-10-6-5-9-16(17)15-7-3-2-4-8-15/h2-13,23H,1H3,(H2,21,22,24). The maximum Gasteiger partial charge on any atom is 0.323 e. The number of aromatic hydroxyl groups is 1. The highest BCUT2D eigenvalue weighted by molar-refractivity contribution is 6.03. The lowest BCUT2D eigenvalue weighted by Crippen LogP contribution is -2.19. The Morgan fingerprint density at radius 3 is 2.25 bits per heavy atom. The molecule has 3 aromatic carbocycles. The van der Waals surface area contributed by atoms with Crippen LogP contribution in [0.3, 0.4) is 0 Å². The van der Waals surface area contributed by atoms with Gasteiger partial charge in [0.1, 0.15) is 5.75 Å². The van der Waals surface area contributed by atoms with E-state index in [-0.39, 0.29) is 5.75 Å². The minimum Gasteiger partial charge on any atom is -0.506 e. The SMILES string of the molecule is Cc1ccc(NC(=O)Nc2ccccc2-c2ccccc2)c(O)c1. The third-order valence-corrected chi connectivity index (χ3v) is 3.66. The zero-order valence-electron chi connectivity index (χ0n) is 13.3. The van der Waals surface area contributed by atoms with Crippen LogP contribution in [0.4, 0.5) is 16.2 Å². The summed E-state index contributed by atoms with van der Waals surface area (Å²) in [5.41, 5.74) is 3.95. The lowest BCUT2D eigenvalue weighted by atomic mass is 10.0. The molecule has 0 saturated heterocycles. The lowest BCUT2D eigenvalue weighted by Gasteiger charge is -2.13. The van der Waals surface area contributed by atoms with E-state index in [0.717, 1.165) is 16.7 Å². The van der Waals surface area contributed by atoms with E-state index in [0.29, 0.717) is 11.4 Å². The monoisotopic (exact) mass is 318 g/mol. The normalized spacial score (nSPS) is 10.2. The molecule has 0 atom stereocenters. The number of carbonyl (C=O) groups excluding carboxylic acids is 1. The predicted octanol–water partition coefficient (Wildman–Crippen LogP) is 5.01. The first-order valence-corrected chi connectivity index (χ1v) is 7.65. The van der Waals surface area contributed by atoms with Gasteiger partial charge in [-0.25, -0.2) is 4.79 Å². The first kappa shape index (κ1) is 15.6. The number of nitrogens with one attached hydrogen (secondary N) is 2. The summed E-state index contributed by atoms with van der Waals surface area (Å²) >= 11 is 0. The summed E-state index contributed by atoms with van der Waals surface area (Å²) in [6.07, 6.45) is 0. The van der Waals surface area contributed by atoms with Gasteiger partial charge >= 0.3 is 6.03 Å². The third kappa shape index (κ3) is 3.55. The molecule has 0 fully saturated rings. The fraction of sp³-hybridized carbons (Fsp3) is 0.0500. The molecule has 0 aliphatic carbocycles. The van der Waals surface area contributed by atoms with E-state index in [2.05, 4.69) is 10.6 Å². The second kappa shape index (κ2) is 6.87. The van der Waals surface area contributed by atoms with Gasteiger partial charge in [-0.05, 0) is 36.2 Å². The molecule has 0 aliphatic heterocycles. The molecule has 24 heavy (non-hydrogen) atoms. The van der Waals surface area contributed by atoms with E-state index in [4.69, 9.17) is 0 Å². The van der Waals surface area contributed by atoms with Gasteiger partial charge in [0, 0.05) is 5.56 Å². The zero-order valence-corrected chi connectivity index (χ0v) is 13.3. The van der Waals surface area contributed by atoms with Gasteiger partial charge < -0.3 is 15.7 Å². The first-order valence-electron chi connectivity index (χ1n) is 7.65. The van der Waals surface area contributed by atoms with Crippen molar-refractivity contribution in [2.75, 3.05) is 10.6 Å². The van der Waals surface area contributed by atoms with Crippen LogP contribution >= 0.6 is 0 Å². The van der Waals surface area contributed by atoms with Crippen LogP contribution in [0.15, 0.2) is 72.8 Å². The largest absolute Gasteiger partial charge is 0.506 e. The first-order chi connectivity index (χ1) is 11.6. The molecule has 0 bridgehead atoms. The summed E-state index contributed by atoms with van der Waals surface area (Å²) in [5.74, 6) is 0.0431. The molecule has 120 valence electrons. The minimum atomic E-state index is -0.405. The van der Waals surface area contributed by atoms with E-state index < -0.39 is 6.03 Å². The molecule has 0 unspecified atom stereocenters. The Kier molecular flexibility index (Phi) is 4.47. The van der Waals surface area contributed by atoms with Gasteiger partial charge in [-0.1, -0.05) is 54.6 Å². The molecule has 0 saturated carbocycles. The van der Waals surface area contributed by atoms with Crippen LogP contribution < -0.4 is 10.6 Å². The van der Waals surface area contributed by atoms with Crippen LogP contribution in [0, 0.1) is 6.92 Å². The molecule has 3 rings (SSSR count). The van der Waals surface area contributed by atoms with Gasteiger partial charge in [0.25, 0.3) is 0 Å². The van der Waals surface area contributed by atoms with Gasteiger partial charge in [0.2, 0.25) is 0 Å². The molecule has 3 N–H and O–H groups in total. The van der Waals surface area contributed by atoms with E-state index in [1.54, 1.807) is 12.1 Å². The number of anilines is 2. The number of phenolic OH excluding ortho intramolecular Hbond substituents is 1. The quantitative estimate of drug-likeness (QED) is 0.594. The van der Waals surface area contributed by atoms with Crippen LogP contribution in [-0.4, -0.2) is 11.1 Å². The predicted molar refractivity (Wildman–Crippen MR) is 97.4 cm³/mol. The number of rotatable bonds is 3. The number of hydrogen-bond donors (Lipinski definition) is 3. The number of urea groups is 1. The van der Waals surface area contributed by atoms with Crippen LogP contribution in [0.1, 0.15) is 5.56 Å². The fourth-order valence-corrected chi connectivity index (χ4v) is 2.48.